The zero-order valence-electron chi connectivity index (χ0n) is 15.4. The van der Waals surface area contributed by atoms with Crippen LogP contribution in [0.1, 0.15) is 31.9 Å². The van der Waals surface area contributed by atoms with Crippen LogP contribution in [0, 0.1) is 0 Å². The van der Waals surface area contributed by atoms with E-state index in [0.717, 1.165) is 24.3 Å². The van der Waals surface area contributed by atoms with Crippen LogP contribution in [0.3, 0.4) is 0 Å². The number of aliphatic hydroxyl groups is 1. The van der Waals surface area contributed by atoms with Crippen LogP contribution in [0.5, 0.6) is 0 Å². The van der Waals surface area contributed by atoms with Gasteiger partial charge >= 0.3 is 0 Å². The summed E-state index contributed by atoms with van der Waals surface area (Å²) >= 11 is 0. The van der Waals surface area contributed by atoms with Gasteiger partial charge in [-0.1, -0.05) is 42.5 Å². The summed E-state index contributed by atoms with van der Waals surface area (Å²) in [6.07, 6.45) is 0.368. The van der Waals surface area contributed by atoms with E-state index in [0.29, 0.717) is 6.54 Å². The fourth-order valence-electron chi connectivity index (χ4n) is 3.53. The summed E-state index contributed by atoms with van der Waals surface area (Å²) in [4.78, 5) is 13.7. The highest BCUT2D eigenvalue weighted by Gasteiger charge is 2.30. The molecular formula is C21H27N3O2. The van der Waals surface area contributed by atoms with Crippen LogP contribution in [0.25, 0.3) is 0 Å². The molecule has 1 aliphatic heterocycles. The number of para-hydroxylation sites is 2. The van der Waals surface area contributed by atoms with E-state index in [1.807, 2.05) is 30.3 Å². The van der Waals surface area contributed by atoms with Crippen LogP contribution in [0.2, 0.25) is 0 Å². The van der Waals surface area contributed by atoms with Crippen molar-refractivity contribution in [3.8, 4) is 0 Å². The van der Waals surface area contributed by atoms with Crippen LogP contribution in [0.4, 0.5) is 11.4 Å². The Labute approximate surface area is 155 Å². The van der Waals surface area contributed by atoms with E-state index in [9.17, 15) is 9.90 Å². The maximum atomic E-state index is 11.4. The molecule has 26 heavy (non-hydrogen) atoms. The molecule has 0 bridgehead atoms. The molecular weight excluding hydrogens is 326 g/mol. The van der Waals surface area contributed by atoms with Gasteiger partial charge in [0.25, 0.3) is 0 Å². The largest absolute Gasteiger partial charge is 0.390 e. The third kappa shape index (κ3) is 4.42. The number of hydrogen-bond donors (Lipinski definition) is 3. The van der Waals surface area contributed by atoms with Gasteiger partial charge in [0.1, 0.15) is 0 Å². The molecule has 0 saturated carbocycles. The number of rotatable bonds is 5. The summed E-state index contributed by atoms with van der Waals surface area (Å²) in [5.41, 5.74) is 2.85. The number of hydrogen-bond acceptors (Lipinski definition) is 4. The second-order valence-electron chi connectivity index (χ2n) is 6.92. The molecule has 2 aromatic rings. The first-order valence-electron chi connectivity index (χ1n) is 9.15. The monoisotopic (exact) mass is 353 g/mol. The lowest BCUT2D eigenvalue weighted by atomic mass is 9.97. The van der Waals surface area contributed by atoms with E-state index in [-0.39, 0.29) is 18.0 Å². The van der Waals surface area contributed by atoms with Crippen molar-refractivity contribution >= 4 is 17.3 Å². The molecule has 3 atom stereocenters. The summed E-state index contributed by atoms with van der Waals surface area (Å²) in [6.45, 7) is 5.21. The number of piperidine rings is 1. The summed E-state index contributed by atoms with van der Waals surface area (Å²) in [5.74, 6) is -0.105. The Bertz CT molecular complexity index is 735. The zero-order valence-corrected chi connectivity index (χ0v) is 15.4. The number of nitrogens with one attached hydrogen (secondary N) is 2. The Morgan fingerprint density at radius 2 is 1.77 bits per heavy atom. The molecule has 1 heterocycles. The minimum absolute atomic E-state index is 0.0378. The topological polar surface area (TPSA) is 64.6 Å². The highest BCUT2D eigenvalue weighted by atomic mass is 16.3. The lowest BCUT2D eigenvalue weighted by Crippen LogP contribution is -2.50. The van der Waals surface area contributed by atoms with E-state index in [4.69, 9.17) is 0 Å². The van der Waals surface area contributed by atoms with Gasteiger partial charge in [-0.3, -0.25) is 9.69 Å². The number of benzene rings is 2. The molecule has 3 unspecified atom stereocenters. The van der Waals surface area contributed by atoms with Gasteiger partial charge in [0.2, 0.25) is 5.91 Å². The first-order valence-corrected chi connectivity index (χ1v) is 9.15. The summed E-state index contributed by atoms with van der Waals surface area (Å²) in [5, 5.41) is 16.9. The molecule has 0 spiro atoms. The van der Waals surface area contributed by atoms with Crippen molar-refractivity contribution in [3.63, 3.8) is 0 Å². The number of carbonyl (C=O) groups excluding carboxylic acids is 1. The number of β-amino-alcohol motifs (C(OH)–C–C–N with tert-alkyl or cyclic N) is 1. The molecule has 3 N–H and O–H groups in total. The normalized spacial score (nSPS) is 21.8. The predicted octanol–water partition coefficient (Wildman–Crippen LogP) is 3.25. The van der Waals surface area contributed by atoms with Gasteiger partial charge in [0.05, 0.1) is 23.5 Å². The van der Waals surface area contributed by atoms with Gasteiger partial charge in [-0.25, -0.2) is 0 Å². The first-order chi connectivity index (χ1) is 12.5. The number of carbonyl (C=O) groups is 1. The van der Waals surface area contributed by atoms with E-state index < -0.39 is 6.10 Å². The highest BCUT2D eigenvalue weighted by molar-refractivity contribution is 5.92. The lowest BCUT2D eigenvalue weighted by Gasteiger charge is -2.40. The third-order valence-corrected chi connectivity index (χ3v) is 5.02. The molecule has 1 fully saturated rings. The molecule has 0 aliphatic carbocycles. The van der Waals surface area contributed by atoms with E-state index in [1.165, 1.54) is 12.5 Å². The van der Waals surface area contributed by atoms with Crippen LogP contribution >= 0.6 is 0 Å². The van der Waals surface area contributed by atoms with Crippen molar-refractivity contribution in [2.45, 2.75) is 38.5 Å². The highest BCUT2D eigenvalue weighted by Crippen LogP contribution is 2.28. The van der Waals surface area contributed by atoms with Gasteiger partial charge in [0, 0.05) is 26.1 Å². The van der Waals surface area contributed by atoms with Crippen LogP contribution in [-0.2, 0) is 4.79 Å². The van der Waals surface area contributed by atoms with Crippen molar-refractivity contribution in [2.24, 2.45) is 0 Å². The fraction of sp³-hybridized carbons (Fsp3) is 0.381. The first kappa shape index (κ1) is 18.4. The van der Waals surface area contributed by atoms with Gasteiger partial charge in [-0.05, 0) is 31.0 Å². The third-order valence-electron chi connectivity index (χ3n) is 5.02. The molecule has 0 aromatic heterocycles. The molecule has 0 radical (unpaired) electrons. The van der Waals surface area contributed by atoms with Crippen molar-refractivity contribution in [1.82, 2.24) is 4.90 Å². The Kier molecular flexibility index (Phi) is 5.91. The summed E-state index contributed by atoms with van der Waals surface area (Å²) in [7, 11) is 0. The maximum absolute atomic E-state index is 11.4. The molecule has 1 aliphatic rings. The minimum atomic E-state index is -0.472. The SMILES string of the molecule is CC(=O)Nc1ccccc1NC1CCN(C(C)c2ccccc2)CC1O. The number of anilines is 2. The Balaban J connectivity index is 1.64. The summed E-state index contributed by atoms with van der Waals surface area (Å²) in [6, 6.07) is 18.2. The quantitative estimate of drug-likeness (QED) is 0.772. The van der Waals surface area contributed by atoms with E-state index >= 15 is 0 Å². The lowest BCUT2D eigenvalue weighted by molar-refractivity contribution is -0.114. The molecule has 5 heteroatoms. The molecule has 2 aromatic carbocycles. The average molecular weight is 353 g/mol. The maximum Gasteiger partial charge on any atom is 0.221 e. The van der Waals surface area contributed by atoms with Crippen molar-refractivity contribution in [2.75, 3.05) is 23.7 Å². The van der Waals surface area contributed by atoms with E-state index in [2.05, 4.69) is 46.7 Å². The van der Waals surface area contributed by atoms with Crippen molar-refractivity contribution < 1.29 is 9.90 Å². The zero-order chi connectivity index (χ0) is 18.5. The van der Waals surface area contributed by atoms with Crippen molar-refractivity contribution in [3.05, 3.63) is 60.2 Å². The number of amides is 1. The Morgan fingerprint density at radius 3 is 2.42 bits per heavy atom. The minimum Gasteiger partial charge on any atom is -0.390 e. The standard InChI is InChI=1S/C21H27N3O2/c1-15(17-8-4-3-5-9-17)24-13-12-20(21(26)14-24)23-19-11-7-6-10-18(19)22-16(2)25/h3-11,15,20-21,23,26H,12-14H2,1-2H3,(H,22,25). The van der Waals surface area contributed by atoms with Gasteiger partial charge in [-0.15, -0.1) is 0 Å². The predicted molar refractivity (Wildman–Crippen MR) is 105 cm³/mol. The van der Waals surface area contributed by atoms with E-state index in [1.54, 1.807) is 0 Å². The summed E-state index contributed by atoms with van der Waals surface area (Å²) < 4.78 is 0. The molecule has 3 rings (SSSR count). The van der Waals surface area contributed by atoms with Crippen LogP contribution in [-0.4, -0.2) is 41.1 Å². The molecule has 5 nitrogen and oxygen atoms in total. The van der Waals surface area contributed by atoms with Crippen molar-refractivity contribution in [1.29, 1.82) is 0 Å². The Morgan fingerprint density at radius 1 is 1.12 bits per heavy atom. The van der Waals surface area contributed by atoms with Crippen LogP contribution < -0.4 is 10.6 Å². The Hall–Kier alpha value is -2.37. The molecule has 1 saturated heterocycles. The molecule has 1 amide bonds. The van der Waals surface area contributed by atoms with Gasteiger partial charge in [0.15, 0.2) is 0 Å². The van der Waals surface area contributed by atoms with Crippen LogP contribution in [0.15, 0.2) is 54.6 Å². The van der Waals surface area contributed by atoms with Gasteiger partial charge < -0.3 is 15.7 Å². The van der Waals surface area contributed by atoms with Gasteiger partial charge in [-0.2, -0.15) is 0 Å². The smallest absolute Gasteiger partial charge is 0.221 e. The average Bonchev–Trinajstić information content (AvgIpc) is 2.64. The number of likely N-dealkylation sites (tertiary alicyclic amines) is 1. The fourth-order valence-corrected chi connectivity index (χ4v) is 3.53. The second kappa shape index (κ2) is 8.34. The molecule has 138 valence electrons. The second-order valence-corrected chi connectivity index (χ2v) is 6.92. The number of aliphatic hydroxyl groups excluding tert-OH is 1. The number of nitrogens with zero attached hydrogens (tertiary/aromatic N) is 1.